The quantitative estimate of drug-likeness (QED) is 0.312. The normalized spacial score (nSPS) is 11.8. The van der Waals surface area contributed by atoms with Gasteiger partial charge in [0.1, 0.15) is 0 Å². The van der Waals surface area contributed by atoms with Gasteiger partial charge in [-0.25, -0.2) is 0 Å². The summed E-state index contributed by atoms with van der Waals surface area (Å²) in [5.74, 6) is 0. The SMILES string of the molecule is Cc1ccc2c(c1CCc1c(C)ccc3c1Cc1ccccc1-3)Cc1ccccc1-2.[Cl-].[Cl-].[Zr+2]. The van der Waals surface area contributed by atoms with E-state index in [2.05, 4.69) is 86.6 Å². The van der Waals surface area contributed by atoms with Crippen LogP contribution in [-0.4, -0.2) is 0 Å². The third-order valence-electron chi connectivity index (χ3n) is 7.31. The number of hydrogen-bond donors (Lipinski definition) is 0. The van der Waals surface area contributed by atoms with Crippen molar-refractivity contribution in [1.29, 1.82) is 0 Å². The predicted octanol–water partition coefficient (Wildman–Crippen LogP) is 1.24. The molecule has 0 saturated heterocycles. The number of hydrogen-bond acceptors (Lipinski definition) is 0. The molecule has 33 heavy (non-hydrogen) atoms. The summed E-state index contributed by atoms with van der Waals surface area (Å²) in [6, 6.07) is 27.2. The van der Waals surface area contributed by atoms with Gasteiger partial charge in [0.15, 0.2) is 0 Å². The molecule has 3 heteroatoms. The zero-order valence-corrected chi connectivity index (χ0v) is 23.0. The first-order chi connectivity index (χ1) is 14.7. The Labute approximate surface area is 228 Å². The zero-order chi connectivity index (χ0) is 20.2. The van der Waals surface area contributed by atoms with Crippen molar-refractivity contribution in [3.63, 3.8) is 0 Å². The van der Waals surface area contributed by atoms with Gasteiger partial charge in [0.25, 0.3) is 0 Å². The molecule has 0 spiro atoms. The molecule has 164 valence electrons. The van der Waals surface area contributed by atoms with Gasteiger partial charge in [0, 0.05) is 0 Å². The number of aryl methyl sites for hydroxylation is 2. The van der Waals surface area contributed by atoms with E-state index in [1.54, 1.807) is 22.3 Å². The summed E-state index contributed by atoms with van der Waals surface area (Å²) in [6.45, 7) is 4.58. The minimum absolute atomic E-state index is 0. The van der Waals surface area contributed by atoms with Crippen LogP contribution in [0, 0.1) is 13.8 Å². The summed E-state index contributed by atoms with van der Waals surface area (Å²) in [5.41, 5.74) is 17.9. The molecule has 4 aromatic carbocycles. The fourth-order valence-electron chi connectivity index (χ4n) is 5.73. The average molecular weight is 549 g/mol. The van der Waals surface area contributed by atoms with Gasteiger partial charge < -0.3 is 24.8 Å². The minimum Gasteiger partial charge on any atom is -1.00 e. The second-order valence-electron chi connectivity index (χ2n) is 8.94. The maximum absolute atomic E-state index is 2.34. The van der Waals surface area contributed by atoms with Crippen molar-refractivity contribution in [2.45, 2.75) is 39.5 Å². The van der Waals surface area contributed by atoms with Crippen LogP contribution in [0.3, 0.4) is 0 Å². The third-order valence-corrected chi connectivity index (χ3v) is 7.31. The maximum Gasteiger partial charge on any atom is 2.00 e. The first-order valence-corrected chi connectivity index (χ1v) is 11.1. The zero-order valence-electron chi connectivity index (χ0n) is 19.0. The van der Waals surface area contributed by atoms with E-state index in [0.717, 1.165) is 25.7 Å². The Morgan fingerprint density at radius 1 is 0.515 bits per heavy atom. The van der Waals surface area contributed by atoms with Gasteiger partial charge in [-0.1, -0.05) is 72.8 Å². The van der Waals surface area contributed by atoms with Gasteiger partial charge in [-0.05, 0) is 106 Å². The molecule has 4 aromatic rings. The van der Waals surface area contributed by atoms with E-state index in [4.69, 9.17) is 0 Å². The van der Waals surface area contributed by atoms with E-state index in [1.165, 1.54) is 44.5 Å². The van der Waals surface area contributed by atoms with E-state index in [1.807, 2.05) is 0 Å². The van der Waals surface area contributed by atoms with Gasteiger partial charge in [0.05, 0.1) is 0 Å². The molecular formula is C30H26Cl2Zr. The molecule has 0 bridgehead atoms. The van der Waals surface area contributed by atoms with Crippen molar-refractivity contribution >= 4 is 0 Å². The molecule has 0 N–H and O–H groups in total. The molecular weight excluding hydrogens is 522 g/mol. The molecule has 0 aromatic heterocycles. The average Bonchev–Trinajstić information content (AvgIpc) is 3.32. The molecule has 0 aliphatic heterocycles. The number of rotatable bonds is 3. The van der Waals surface area contributed by atoms with Gasteiger partial charge in [-0.15, -0.1) is 0 Å². The molecule has 0 heterocycles. The molecule has 0 amide bonds. The van der Waals surface area contributed by atoms with E-state index >= 15 is 0 Å². The van der Waals surface area contributed by atoms with Crippen LogP contribution in [0.4, 0.5) is 0 Å². The van der Waals surface area contributed by atoms with Crippen LogP contribution < -0.4 is 24.8 Å². The molecule has 0 saturated carbocycles. The smallest absolute Gasteiger partial charge is 1.00 e. The van der Waals surface area contributed by atoms with Crippen LogP contribution in [0.2, 0.25) is 0 Å². The molecule has 0 fully saturated rings. The van der Waals surface area contributed by atoms with E-state index < -0.39 is 0 Å². The van der Waals surface area contributed by atoms with Gasteiger partial charge in [0.2, 0.25) is 0 Å². The van der Waals surface area contributed by atoms with Crippen LogP contribution in [0.15, 0.2) is 72.8 Å². The Morgan fingerprint density at radius 3 is 1.33 bits per heavy atom. The molecule has 2 aliphatic rings. The van der Waals surface area contributed by atoms with Crippen LogP contribution in [-0.2, 0) is 51.9 Å². The molecule has 2 aliphatic carbocycles. The second kappa shape index (κ2) is 10.3. The van der Waals surface area contributed by atoms with Crippen molar-refractivity contribution < 1.29 is 51.0 Å². The van der Waals surface area contributed by atoms with Gasteiger partial charge in [-0.3, -0.25) is 0 Å². The standard InChI is InChI=1S/C30H26.2ClH.Zr/c1-19-11-13-27-25-9-5-3-7-21(25)17-29(27)23(19)15-16-24-20(2)12-14-28-26-10-6-4-8-22(26)18-30(24)28;;;/h3-14H,15-18H2,1-2H3;2*1H;/q;;;+2/p-2. The minimum atomic E-state index is 0. The third kappa shape index (κ3) is 4.29. The van der Waals surface area contributed by atoms with E-state index in [9.17, 15) is 0 Å². The number of halogens is 2. The Bertz CT molecular complexity index is 1220. The van der Waals surface area contributed by atoms with Crippen molar-refractivity contribution in [3.05, 3.63) is 117 Å². The van der Waals surface area contributed by atoms with Gasteiger partial charge in [-0.2, -0.15) is 0 Å². The Kier molecular flexibility index (Phi) is 8.11. The van der Waals surface area contributed by atoms with E-state index in [-0.39, 0.29) is 51.0 Å². The van der Waals surface area contributed by atoms with Crippen molar-refractivity contribution in [3.8, 4) is 22.3 Å². The first kappa shape index (κ1) is 26.0. The molecule has 0 nitrogen and oxygen atoms in total. The number of benzene rings is 4. The Morgan fingerprint density at radius 2 is 0.909 bits per heavy atom. The monoisotopic (exact) mass is 546 g/mol. The van der Waals surface area contributed by atoms with Gasteiger partial charge >= 0.3 is 26.2 Å². The fraction of sp³-hybridized carbons (Fsp3) is 0.200. The van der Waals surface area contributed by atoms with Crippen LogP contribution >= 0.6 is 0 Å². The summed E-state index contributed by atoms with van der Waals surface area (Å²) in [7, 11) is 0. The predicted molar refractivity (Wildman–Crippen MR) is 126 cm³/mol. The van der Waals surface area contributed by atoms with Crippen molar-refractivity contribution in [2.75, 3.05) is 0 Å². The summed E-state index contributed by atoms with van der Waals surface area (Å²) < 4.78 is 0. The number of fused-ring (bicyclic) bond motifs is 6. The molecule has 0 unspecified atom stereocenters. The summed E-state index contributed by atoms with van der Waals surface area (Å²) in [5, 5.41) is 0. The van der Waals surface area contributed by atoms with Crippen LogP contribution in [0.25, 0.3) is 22.3 Å². The van der Waals surface area contributed by atoms with E-state index in [0.29, 0.717) is 0 Å². The Hall–Kier alpha value is -1.66. The second-order valence-corrected chi connectivity index (χ2v) is 8.94. The summed E-state index contributed by atoms with van der Waals surface area (Å²) >= 11 is 0. The van der Waals surface area contributed by atoms with Crippen molar-refractivity contribution in [1.82, 2.24) is 0 Å². The van der Waals surface area contributed by atoms with Crippen molar-refractivity contribution in [2.24, 2.45) is 0 Å². The summed E-state index contributed by atoms with van der Waals surface area (Å²) in [6.07, 6.45) is 4.41. The molecule has 6 rings (SSSR count). The Balaban J connectivity index is 0.00000102. The topological polar surface area (TPSA) is 0 Å². The van der Waals surface area contributed by atoms with Crippen LogP contribution in [0.5, 0.6) is 0 Å². The largest absolute Gasteiger partial charge is 2.00 e. The van der Waals surface area contributed by atoms with Crippen LogP contribution in [0.1, 0.15) is 44.5 Å². The first-order valence-electron chi connectivity index (χ1n) is 11.1. The molecule has 0 radical (unpaired) electrons. The maximum atomic E-state index is 2.34. The fourth-order valence-corrected chi connectivity index (χ4v) is 5.73. The summed E-state index contributed by atoms with van der Waals surface area (Å²) in [4.78, 5) is 0. The molecule has 0 atom stereocenters.